The summed E-state index contributed by atoms with van der Waals surface area (Å²) < 4.78 is 0. The molecule has 0 bridgehead atoms. The Morgan fingerprint density at radius 3 is 2.43 bits per heavy atom. The van der Waals surface area contributed by atoms with Gasteiger partial charge in [0.05, 0.1) is 6.61 Å². The Balaban J connectivity index is 0. The Hall–Kier alpha value is 0.560. The third kappa shape index (κ3) is 10.8. The summed E-state index contributed by atoms with van der Waals surface area (Å²) in [5.74, 6) is 5.68. The largest absolute Gasteiger partial charge is 0.304 e. The van der Waals surface area contributed by atoms with Gasteiger partial charge in [-0.15, -0.1) is 12.4 Å². The van der Waals surface area contributed by atoms with Gasteiger partial charge in [0.2, 0.25) is 0 Å². The maximum absolute atomic E-state index is 4.70. The van der Waals surface area contributed by atoms with Crippen molar-refractivity contribution in [2.45, 2.75) is 0 Å². The average Bonchev–Trinajstić information content (AvgIpc) is 1.61. The van der Waals surface area contributed by atoms with Crippen LogP contribution in [0.2, 0.25) is 0 Å². The summed E-state index contributed by atoms with van der Waals surface area (Å²) in [7, 11) is 0. The predicted octanol–water partition coefficient (Wildman–Crippen LogP) is 0.661. The van der Waals surface area contributed by atoms with Crippen molar-refractivity contribution in [3.63, 3.8) is 0 Å². The summed E-state index contributed by atoms with van der Waals surface area (Å²) in [6.45, 7) is 0.654. The van der Waals surface area contributed by atoms with Gasteiger partial charge in [-0.25, -0.2) is 5.90 Å². The van der Waals surface area contributed by atoms with Crippen LogP contribution >= 0.6 is 24.2 Å². The quantitative estimate of drug-likeness (QED) is 0.466. The van der Waals surface area contributed by atoms with Gasteiger partial charge in [0.25, 0.3) is 0 Å². The fourth-order valence-electron chi connectivity index (χ4n) is 0.131. The molecular weight excluding hydrogens is 134 g/mol. The zero-order valence-corrected chi connectivity index (χ0v) is 5.85. The molecule has 7 heavy (non-hydrogen) atoms. The van der Waals surface area contributed by atoms with Crippen LogP contribution in [0.15, 0.2) is 0 Å². The lowest BCUT2D eigenvalue weighted by Crippen LogP contribution is -2.01. The molecule has 0 amide bonds. The smallest absolute Gasteiger partial charge is 0.0769 e. The van der Waals surface area contributed by atoms with Crippen molar-refractivity contribution in [2.24, 2.45) is 5.90 Å². The van der Waals surface area contributed by atoms with E-state index in [-0.39, 0.29) is 12.4 Å². The molecule has 0 aromatic carbocycles. The lowest BCUT2D eigenvalue weighted by Gasteiger charge is -1.88. The van der Waals surface area contributed by atoms with Crippen molar-refractivity contribution in [2.75, 3.05) is 18.6 Å². The molecule has 0 radical (unpaired) electrons. The molecule has 0 fully saturated rings. The van der Waals surface area contributed by atoms with E-state index in [9.17, 15) is 0 Å². The van der Waals surface area contributed by atoms with Crippen LogP contribution < -0.4 is 5.90 Å². The summed E-state index contributed by atoms with van der Waals surface area (Å²) in [6, 6.07) is 0. The average molecular weight is 144 g/mol. The first-order valence-electron chi connectivity index (χ1n) is 1.72. The first-order valence-corrected chi connectivity index (χ1v) is 3.12. The molecule has 46 valence electrons. The Morgan fingerprint density at radius 1 is 1.71 bits per heavy atom. The Bertz CT molecular complexity index is 26.9. The number of halogens is 1. The van der Waals surface area contributed by atoms with Crippen molar-refractivity contribution in [1.82, 2.24) is 0 Å². The maximum Gasteiger partial charge on any atom is 0.0769 e. The highest BCUT2D eigenvalue weighted by Crippen LogP contribution is 1.86. The van der Waals surface area contributed by atoms with Crippen molar-refractivity contribution in [1.29, 1.82) is 0 Å². The summed E-state index contributed by atoms with van der Waals surface area (Å²) in [4.78, 5) is 4.26. The van der Waals surface area contributed by atoms with Crippen molar-refractivity contribution in [3.8, 4) is 0 Å². The van der Waals surface area contributed by atoms with Crippen molar-refractivity contribution in [3.05, 3.63) is 0 Å². The summed E-state index contributed by atoms with van der Waals surface area (Å²) in [6.07, 6.45) is 2.01. The Kier molecular flexibility index (Phi) is 14.7. The predicted molar refractivity (Wildman–Crippen MR) is 35.8 cm³/mol. The van der Waals surface area contributed by atoms with Gasteiger partial charge < -0.3 is 4.84 Å². The zero-order chi connectivity index (χ0) is 4.83. The summed E-state index contributed by atoms with van der Waals surface area (Å²) >= 11 is 1.72. The zero-order valence-electron chi connectivity index (χ0n) is 4.22. The van der Waals surface area contributed by atoms with Crippen LogP contribution in [0.25, 0.3) is 0 Å². The normalized spacial score (nSPS) is 7.71. The van der Waals surface area contributed by atoms with Gasteiger partial charge in [0.1, 0.15) is 0 Å². The van der Waals surface area contributed by atoms with Gasteiger partial charge in [-0.05, 0) is 6.26 Å². The first-order chi connectivity index (χ1) is 2.91. The fraction of sp³-hybridized carbons (Fsp3) is 1.00. The third-order valence-corrected chi connectivity index (χ3v) is 0.980. The maximum atomic E-state index is 4.70. The molecule has 0 aliphatic rings. The molecule has 0 aliphatic carbocycles. The van der Waals surface area contributed by atoms with E-state index in [1.807, 2.05) is 6.26 Å². The van der Waals surface area contributed by atoms with E-state index in [1.54, 1.807) is 11.8 Å². The lowest BCUT2D eigenvalue weighted by molar-refractivity contribution is 0.155. The molecule has 0 spiro atoms. The van der Waals surface area contributed by atoms with E-state index in [4.69, 9.17) is 5.90 Å². The van der Waals surface area contributed by atoms with Crippen LogP contribution in [0, 0.1) is 0 Å². The minimum absolute atomic E-state index is 0. The van der Waals surface area contributed by atoms with Crippen LogP contribution in [0.3, 0.4) is 0 Å². The van der Waals surface area contributed by atoms with E-state index in [0.29, 0.717) is 6.61 Å². The molecule has 0 saturated heterocycles. The van der Waals surface area contributed by atoms with Gasteiger partial charge in [0, 0.05) is 5.75 Å². The molecule has 0 aromatic rings. The number of thioether (sulfide) groups is 1. The SMILES string of the molecule is CSCCON.Cl. The van der Waals surface area contributed by atoms with Gasteiger partial charge in [-0.2, -0.15) is 11.8 Å². The molecule has 0 aliphatic heterocycles. The molecule has 2 N–H and O–H groups in total. The molecule has 0 atom stereocenters. The van der Waals surface area contributed by atoms with E-state index in [2.05, 4.69) is 4.84 Å². The number of hydrogen-bond acceptors (Lipinski definition) is 3. The second-order valence-corrected chi connectivity index (χ2v) is 1.85. The van der Waals surface area contributed by atoms with E-state index in [0.717, 1.165) is 5.75 Å². The third-order valence-electron chi connectivity index (χ3n) is 0.405. The van der Waals surface area contributed by atoms with Crippen LogP contribution in [0.5, 0.6) is 0 Å². The van der Waals surface area contributed by atoms with E-state index in [1.165, 1.54) is 0 Å². The highest BCUT2D eigenvalue weighted by Gasteiger charge is 1.75. The van der Waals surface area contributed by atoms with Gasteiger partial charge in [0.15, 0.2) is 0 Å². The highest BCUT2D eigenvalue weighted by atomic mass is 35.5. The summed E-state index contributed by atoms with van der Waals surface area (Å²) in [5, 5.41) is 0. The molecule has 0 aromatic heterocycles. The summed E-state index contributed by atoms with van der Waals surface area (Å²) in [5.41, 5.74) is 0. The first kappa shape index (κ1) is 10.5. The molecule has 0 saturated carbocycles. The Morgan fingerprint density at radius 2 is 2.29 bits per heavy atom. The van der Waals surface area contributed by atoms with E-state index < -0.39 is 0 Å². The van der Waals surface area contributed by atoms with Crippen LogP contribution in [0.4, 0.5) is 0 Å². The second kappa shape index (κ2) is 9.75. The number of rotatable bonds is 3. The number of nitrogens with two attached hydrogens (primary N) is 1. The van der Waals surface area contributed by atoms with Gasteiger partial charge in [-0.3, -0.25) is 0 Å². The molecular formula is C3H10ClNOS. The van der Waals surface area contributed by atoms with Gasteiger partial charge >= 0.3 is 0 Å². The highest BCUT2D eigenvalue weighted by molar-refractivity contribution is 7.98. The molecule has 0 rings (SSSR count). The minimum Gasteiger partial charge on any atom is -0.304 e. The topological polar surface area (TPSA) is 35.2 Å². The Labute approximate surface area is 54.2 Å². The van der Waals surface area contributed by atoms with Crippen molar-refractivity contribution >= 4 is 24.2 Å². The van der Waals surface area contributed by atoms with Crippen LogP contribution in [-0.4, -0.2) is 18.6 Å². The fourth-order valence-corrected chi connectivity index (χ4v) is 0.394. The molecule has 0 unspecified atom stereocenters. The monoisotopic (exact) mass is 143 g/mol. The lowest BCUT2D eigenvalue weighted by atomic mass is 10.9. The minimum atomic E-state index is 0. The van der Waals surface area contributed by atoms with Crippen molar-refractivity contribution < 1.29 is 4.84 Å². The van der Waals surface area contributed by atoms with Crippen LogP contribution in [0.1, 0.15) is 0 Å². The molecule has 4 heteroatoms. The molecule has 2 nitrogen and oxygen atoms in total. The number of hydrogen-bond donors (Lipinski definition) is 1. The standard InChI is InChI=1S/C3H9NOS.ClH/c1-6-3-2-5-4;/h2-4H2,1H3;1H. The second-order valence-electron chi connectivity index (χ2n) is 0.864. The molecule has 0 heterocycles. The van der Waals surface area contributed by atoms with Gasteiger partial charge in [-0.1, -0.05) is 0 Å². The van der Waals surface area contributed by atoms with Crippen LogP contribution in [-0.2, 0) is 4.84 Å². The van der Waals surface area contributed by atoms with E-state index >= 15 is 0 Å².